The van der Waals surface area contributed by atoms with Crippen molar-refractivity contribution in [3.05, 3.63) is 103 Å². The van der Waals surface area contributed by atoms with Crippen LogP contribution < -0.4 is 20.3 Å². The number of anilines is 2. The first kappa shape index (κ1) is 30.6. The van der Waals surface area contributed by atoms with E-state index in [0.29, 0.717) is 18.7 Å². The van der Waals surface area contributed by atoms with E-state index < -0.39 is 0 Å². The predicted octanol–water partition coefficient (Wildman–Crippen LogP) is 6.58. The lowest BCUT2D eigenvalue weighted by Gasteiger charge is -2.34. The Morgan fingerprint density at radius 3 is 2.51 bits per heavy atom. The summed E-state index contributed by atoms with van der Waals surface area (Å²) in [5.41, 5.74) is 2.20. The van der Waals surface area contributed by atoms with Crippen LogP contribution in [0.2, 0.25) is 0 Å². The van der Waals surface area contributed by atoms with Crippen molar-refractivity contribution in [3.8, 4) is 5.75 Å². The number of ether oxygens (including phenoxy) is 2. The zero-order valence-electron chi connectivity index (χ0n) is 25.7. The summed E-state index contributed by atoms with van der Waals surface area (Å²) in [5, 5.41) is 8.53. The summed E-state index contributed by atoms with van der Waals surface area (Å²) in [6, 6.07) is 31.1. The number of morpholine rings is 1. The third-order valence-electron chi connectivity index (χ3n) is 8.75. The Bertz CT molecular complexity index is 1570. The second kappa shape index (κ2) is 15.1. The van der Waals surface area contributed by atoms with Crippen LogP contribution in [0.3, 0.4) is 0 Å². The van der Waals surface area contributed by atoms with Crippen LogP contribution in [0, 0.1) is 5.92 Å². The van der Waals surface area contributed by atoms with Gasteiger partial charge in [0.05, 0.1) is 13.2 Å². The number of hydrogen-bond donors (Lipinski definition) is 2. The number of carbonyl (C=O) groups excluding carboxylic acids is 2. The SMILES string of the molecule is O=C(NC1CCCC(CN(C(=O)Nc2ccccc2)c2cccc(OCCN3CCOCC3)c2)C1)c1ccc2ccccc2c1. The van der Waals surface area contributed by atoms with E-state index in [-0.39, 0.29) is 23.9 Å². The Morgan fingerprint density at radius 2 is 1.67 bits per heavy atom. The molecule has 1 aliphatic heterocycles. The van der Waals surface area contributed by atoms with Crippen molar-refractivity contribution >= 4 is 34.1 Å². The summed E-state index contributed by atoms with van der Waals surface area (Å²) < 4.78 is 11.6. The molecule has 8 nitrogen and oxygen atoms in total. The minimum absolute atomic E-state index is 0.0491. The minimum atomic E-state index is -0.186. The van der Waals surface area contributed by atoms with Crippen LogP contribution in [-0.2, 0) is 4.74 Å². The molecule has 234 valence electrons. The van der Waals surface area contributed by atoms with E-state index in [0.717, 1.165) is 86.4 Å². The number of carbonyl (C=O) groups is 2. The number of urea groups is 1. The molecule has 1 saturated carbocycles. The summed E-state index contributed by atoms with van der Waals surface area (Å²) in [6.07, 6.45) is 3.72. The average Bonchev–Trinajstić information content (AvgIpc) is 3.08. The van der Waals surface area contributed by atoms with Crippen molar-refractivity contribution in [2.24, 2.45) is 5.92 Å². The highest BCUT2D eigenvalue weighted by atomic mass is 16.5. The molecule has 2 fully saturated rings. The molecule has 0 radical (unpaired) electrons. The van der Waals surface area contributed by atoms with Gasteiger partial charge in [-0.2, -0.15) is 0 Å². The largest absolute Gasteiger partial charge is 0.492 e. The lowest BCUT2D eigenvalue weighted by atomic mass is 9.85. The summed E-state index contributed by atoms with van der Waals surface area (Å²) in [4.78, 5) is 31.1. The Hall–Kier alpha value is -4.40. The molecule has 2 atom stereocenters. The molecule has 4 aromatic carbocycles. The third-order valence-corrected chi connectivity index (χ3v) is 8.75. The lowest BCUT2D eigenvalue weighted by molar-refractivity contribution is 0.0322. The Kier molecular flexibility index (Phi) is 10.2. The normalized spacial score (nSPS) is 18.7. The molecule has 1 aliphatic carbocycles. The second-order valence-corrected chi connectivity index (χ2v) is 12.0. The monoisotopic (exact) mass is 606 g/mol. The van der Waals surface area contributed by atoms with Crippen molar-refractivity contribution in [2.45, 2.75) is 31.7 Å². The lowest BCUT2D eigenvalue weighted by Crippen LogP contribution is -2.43. The number of hydrogen-bond acceptors (Lipinski definition) is 5. The third kappa shape index (κ3) is 8.41. The van der Waals surface area contributed by atoms with Gasteiger partial charge in [-0.05, 0) is 72.4 Å². The van der Waals surface area contributed by atoms with E-state index in [1.165, 1.54) is 0 Å². The molecular formula is C37H42N4O4. The van der Waals surface area contributed by atoms with Gasteiger partial charge in [0.1, 0.15) is 12.4 Å². The fourth-order valence-corrected chi connectivity index (χ4v) is 6.32. The molecule has 0 bridgehead atoms. The zero-order valence-corrected chi connectivity index (χ0v) is 25.7. The fourth-order valence-electron chi connectivity index (χ4n) is 6.32. The van der Waals surface area contributed by atoms with Crippen LogP contribution in [0.4, 0.5) is 16.2 Å². The number of fused-ring (bicyclic) bond motifs is 1. The number of amides is 3. The van der Waals surface area contributed by atoms with Crippen LogP contribution >= 0.6 is 0 Å². The van der Waals surface area contributed by atoms with E-state index in [9.17, 15) is 9.59 Å². The number of para-hydroxylation sites is 1. The first-order valence-electron chi connectivity index (χ1n) is 16.1. The van der Waals surface area contributed by atoms with E-state index in [2.05, 4.69) is 21.6 Å². The first-order chi connectivity index (χ1) is 22.1. The van der Waals surface area contributed by atoms with Gasteiger partial charge in [-0.15, -0.1) is 0 Å². The Balaban J connectivity index is 1.12. The molecule has 2 aliphatic rings. The van der Waals surface area contributed by atoms with Crippen LogP contribution in [0.1, 0.15) is 36.0 Å². The topological polar surface area (TPSA) is 83.1 Å². The van der Waals surface area contributed by atoms with Crippen LogP contribution in [0.5, 0.6) is 5.75 Å². The second-order valence-electron chi connectivity index (χ2n) is 12.0. The average molecular weight is 607 g/mol. The molecule has 1 heterocycles. The van der Waals surface area contributed by atoms with Crippen LogP contribution in [0.15, 0.2) is 97.1 Å². The van der Waals surface area contributed by atoms with Gasteiger partial charge in [0.15, 0.2) is 0 Å². The number of nitrogens with zero attached hydrogens (tertiary/aromatic N) is 2. The molecule has 45 heavy (non-hydrogen) atoms. The Labute approximate surface area is 265 Å². The van der Waals surface area contributed by atoms with Crippen molar-refractivity contribution in [2.75, 3.05) is 56.2 Å². The van der Waals surface area contributed by atoms with Gasteiger partial charge >= 0.3 is 6.03 Å². The standard InChI is InChI=1S/C37H42N4O4/c42-36(31-17-16-29-9-4-5-10-30(29)25-31)38-33-13-6-8-28(24-33)27-41(37(43)39-32-11-2-1-3-12-32)34-14-7-15-35(26-34)45-23-20-40-18-21-44-22-19-40/h1-5,7,9-12,14-17,25-26,28,33H,6,8,13,18-24,27H2,(H,38,42)(H,39,43). The van der Waals surface area contributed by atoms with Crippen molar-refractivity contribution in [1.29, 1.82) is 0 Å². The molecule has 0 aromatic heterocycles. The number of benzene rings is 4. The summed E-state index contributed by atoms with van der Waals surface area (Å²) in [6.45, 7) is 5.30. The maximum absolute atomic E-state index is 13.8. The molecule has 4 aromatic rings. The summed E-state index contributed by atoms with van der Waals surface area (Å²) in [5.74, 6) is 0.919. The van der Waals surface area contributed by atoms with Gasteiger partial charge in [0.25, 0.3) is 5.91 Å². The van der Waals surface area contributed by atoms with Crippen LogP contribution in [0.25, 0.3) is 10.8 Å². The molecule has 2 unspecified atom stereocenters. The molecule has 8 heteroatoms. The molecule has 2 N–H and O–H groups in total. The van der Waals surface area contributed by atoms with Gasteiger partial charge < -0.3 is 20.1 Å². The maximum atomic E-state index is 13.8. The quantitative estimate of drug-likeness (QED) is 0.213. The van der Waals surface area contributed by atoms with Gasteiger partial charge in [-0.1, -0.05) is 61.0 Å². The summed E-state index contributed by atoms with van der Waals surface area (Å²) >= 11 is 0. The van der Waals surface area contributed by atoms with Crippen molar-refractivity contribution in [3.63, 3.8) is 0 Å². The number of nitrogens with one attached hydrogen (secondary N) is 2. The maximum Gasteiger partial charge on any atom is 0.326 e. The molecule has 6 rings (SSSR count). The predicted molar refractivity (Wildman–Crippen MR) is 179 cm³/mol. The van der Waals surface area contributed by atoms with E-state index in [1.54, 1.807) is 0 Å². The molecular weight excluding hydrogens is 564 g/mol. The van der Waals surface area contributed by atoms with Gasteiger partial charge in [-0.3, -0.25) is 14.6 Å². The fraction of sp³-hybridized carbons (Fsp3) is 0.351. The highest BCUT2D eigenvalue weighted by Crippen LogP contribution is 2.30. The zero-order chi connectivity index (χ0) is 30.8. The Morgan fingerprint density at radius 1 is 0.867 bits per heavy atom. The van der Waals surface area contributed by atoms with Crippen molar-refractivity contribution < 1.29 is 19.1 Å². The smallest absolute Gasteiger partial charge is 0.326 e. The van der Waals surface area contributed by atoms with Gasteiger partial charge in [0.2, 0.25) is 0 Å². The van der Waals surface area contributed by atoms with Gasteiger partial charge in [0, 0.05) is 55.2 Å². The van der Waals surface area contributed by atoms with E-state index in [4.69, 9.17) is 9.47 Å². The molecule has 0 spiro atoms. The highest BCUT2D eigenvalue weighted by molar-refractivity contribution is 6.02. The molecule has 3 amide bonds. The highest BCUT2D eigenvalue weighted by Gasteiger charge is 2.28. The minimum Gasteiger partial charge on any atom is -0.492 e. The van der Waals surface area contributed by atoms with E-state index in [1.807, 2.05) is 95.9 Å². The molecule has 1 saturated heterocycles. The van der Waals surface area contributed by atoms with Crippen molar-refractivity contribution in [1.82, 2.24) is 10.2 Å². The van der Waals surface area contributed by atoms with Gasteiger partial charge in [-0.25, -0.2) is 4.79 Å². The van der Waals surface area contributed by atoms with E-state index >= 15 is 0 Å². The number of rotatable bonds is 10. The van der Waals surface area contributed by atoms with Crippen LogP contribution in [-0.4, -0.2) is 68.9 Å². The summed E-state index contributed by atoms with van der Waals surface area (Å²) in [7, 11) is 0. The first-order valence-corrected chi connectivity index (χ1v) is 16.1.